The smallest absolute Gasteiger partial charge is 0.0628 e. The highest BCUT2D eigenvalue weighted by molar-refractivity contribution is 5.19. The fourth-order valence-electron chi connectivity index (χ4n) is 3.73. The second-order valence-corrected chi connectivity index (χ2v) is 6.22. The van der Waals surface area contributed by atoms with Crippen molar-refractivity contribution in [2.75, 3.05) is 13.2 Å². The van der Waals surface area contributed by atoms with Gasteiger partial charge in [-0.3, -0.25) is 4.90 Å². The normalized spacial score (nSPS) is 29.3. The Hall–Kier alpha value is -0.860. The Morgan fingerprint density at radius 2 is 1.90 bits per heavy atom. The second kappa shape index (κ2) is 7.24. The van der Waals surface area contributed by atoms with Gasteiger partial charge in [0.25, 0.3) is 0 Å². The lowest BCUT2D eigenvalue weighted by molar-refractivity contribution is 0.00418. The van der Waals surface area contributed by atoms with Gasteiger partial charge in [0.2, 0.25) is 0 Å². The maximum Gasteiger partial charge on any atom is 0.0628 e. The van der Waals surface area contributed by atoms with Crippen LogP contribution < -0.4 is 0 Å². The summed E-state index contributed by atoms with van der Waals surface area (Å²) in [5.74, 6) is 1.53. The maximum absolute atomic E-state index is 9.93. The molecule has 0 aliphatic carbocycles. The second-order valence-electron chi connectivity index (χ2n) is 6.22. The first-order valence-corrected chi connectivity index (χ1v) is 8.12. The van der Waals surface area contributed by atoms with Crippen molar-refractivity contribution >= 4 is 0 Å². The van der Waals surface area contributed by atoms with Crippen LogP contribution in [0.5, 0.6) is 0 Å². The van der Waals surface area contributed by atoms with E-state index >= 15 is 0 Å². The van der Waals surface area contributed by atoms with Gasteiger partial charge in [-0.1, -0.05) is 57.0 Å². The van der Waals surface area contributed by atoms with Crippen LogP contribution in [0.4, 0.5) is 0 Å². The average molecular weight is 275 g/mol. The fourth-order valence-corrected chi connectivity index (χ4v) is 3.73. The third kappa shape index (κ3) is 3.24. The Labute approximate surface area is 123 Å². The number of aliphatic hydroxyl groups is 1. The predicted molar refractivity (Wildman–Crippen MR) is 84.6 cm³/mol. The zero-order valence-corrected chi connectivity index (χ0v) is 13.1. The van der Waals surface area contributed by atoms with Crippen LogP contribution >= 0.6 is 0 Å². The van der Waals surface area contributed by atoms with Gasteiger partial charge >= 0.3 is 0 Å². The van der Waals surface area contributed by atoms with Gasteiger partial charge in [0.05, 0.1) is 12.6 Å². The number of benzene rings is 1. The number of likely N-dealkylation sites (tertiary alicyclic amines) is 1. The Kier molecular flexibility index (Phi) is 5.62. The number of piperidine rings is 1. The monoisotopic (exact) mass is 275 g/mol. The molecule has 0 unspecified atom stereocenters. The van der Waals surface area contributed by atoms with Crippen LogP contribution in [0.15, 0.2) is 30.3 Å². The van der Waals surface area contributed by atoms with Gasteiger partial charge < -0.3 is 5.11 Å². The standard InChI is InChI=1S/C18H29NO/c1-4-15-11-16(5-2)14(3)19(12-15)18(13-20)17-9-7-6-8-10-17/h6-10,14-16,18,20H,4-5,11-13H2,1-3H3/t14-,15+,16-,18+/m1/s1. The number of nitrogens with zero attached hydrogens (tertiary/aromatic N) is 1. The first-order valence-electron chi connectivity index (χ1n) is 8.12. The first kappa shape index (κ1) is 15.5. The summed E-state index contributed by atoms with van der Waals surface area (Å²) >= 11 is 0. The first-order chi connectivity index (χ1) is 9.71. The van der Waals surface area contributed by atoms with Gasteiger partial charge in [0, 0.05) is 12.6 Å². The van der Waals surface area contributed by atoms with Crippen LogP contribution in [0.25, 0.3) is 0 Å². The molecule has 0 aromatic heterocycles. The summed E-state index contributed by atoms with van der Waals surface area (Å²) in [5, 5.41) is 9.93. The Morgan fingerprint density at radius 3 is 2.45 bits per heavy atom. The molecule has 0 radical (unpaired) electrons. The topological polar surface area (TPSA) is 23.5 Å². The molecule has 1 aliphatic rings. The highest BCUT2D eigenvalue weighted by atomic mass is 16.3. The molecule has 1 saturated heterocycles. The summed E-state index contributed by atoms with van der Waals surface area (Å²) in [6.45, 7) is 8.26. The molecule has 20 heavy (non-hydrogen) atoms. The van der Waals surface area contributed by atoms with Crippen LogP contribution in [0.1, 0.15) is 51.6 Å². The molecule has 0 saturated carbocycles. The summed E-state index contributed by atoms with van der Waals surface area (Å²) in [6, 6.07) is 11.2. The molecule has 0 spiro atoms. The Bertz CT molecular complexity index is 392. The molecule has 1 aliphatic heterocycles. The van der Waals surface area contributed by atoms with Gasteiger partial charge in [0.15, 0.2) is 0 Å². The minimum atomic E-state index is 0.148. The van der Waals surface area contributed by atoms with Crippen molar-refractivity contribution in [2.45, 2.75) is 52.1 Å². The van der Waals surface area contributed by atoms with E-state index in [2.05, 4.69) is 49.9 Å². The highest BCUT2D eigenvalue weighted by Crippen LogP contribution is 2.36. The number of hydrogen-bond acceptors (Lipinski definition) is 2. The number of rotatable bonds is 5. The van der Waals surface area contributed by atoms with Crippen LogP contribution in [0, 0.1) is 11.8 Å². The largest absolute Gasteiger partial charge is 0.394 e. The summed E-state index contributed by atoms with van der Waals surface area (Å²) in [5.41, 5.74) is 1.24. The molecular formula is C18H29NO. The lowest BCUT2D eigenvalue weighted by Gasteiger charge is -2.46. The van der Waals surface area contributed by atoms with E-state index in [0.717, 1.165) is 18.4 Å². The van der Waals surface area contributed by atoms with E-state index in [-0.39, 0.29) is 12.6 Å². The lowest BCUT2D eigenvalue weighted by Crippen LogP contribution is -2.49. The molecule has 4 atom stereocenters. The molecule has 0 amide bonds. The lowest BCUT2D eigenvalue weighted by atomic mass is 9.80. The molecule has 1 fully saturated rings. The van der Waals surface area contributed by atoms with Crippen molar-refractivity contribution in [3.05, 3.63) is 35.9 Å². The Balaban J connectivity index is 2.22. The number of aliphatic hydroxyl groups excluding tert-OH is 1. The summed E-state index contributed by atoms with van der Waals surface area (Å²) in [6.07, 6.45) is 3.82. The maximum atomic E-state index is 9.93. The van der Waals surface area contributed by atoms with Crippen LogP contribution in [0.2, 0.25) is 0 Å². The minimum Gasteiger partial charge on any atom is -0.394 e. The van der Waals surface area contributed by atoms with Crippen molar-refractivity contribution in [1.29, 1.82) is 0 Å². The van der Waals surface area contributed by atoms with Gasteiger partial charge in [-0.25, -0.2) is 0 Å². The van der Waals surface area contributed by atoms with Crippen molar-refractivity contribution in [1.82, 2.24) is 4.90 Å². The highest BCUT2D eigenvalue weighted by Gasteiger charge is 2.35. The molecular weight excluding hydrogens is 246 g/mol. The van der Waals surface area contributed by atoms with Crippen LogP contribution in [-0.2, 0) is 0 Å². The average Bonchev–Trinajstić information content (AvgIpc) is 2.50. The minimum absolute atomic E-state index is 0.148. The van der Waals surface area contributed by atoms with E-state index in [1.54, 1.807) is 0 Å². The van der Waals surface area contributed by atoms with Gasteiger partial charge in [-0.05, 0) is 30.7 Å². The molecule has 0 bridgehead atoms. The zero-order valence-electron chi connectivity index (χ0n) is 13.1. The number of hydrogen-bond donors (Lipinski definition) is 1. The van der Waals surface area contributed by atoms with E-state index in [0.29, 0.717) is 6.04 Å². The van der Waals surface area contributed by atoms with E-state index in [1.165, 1.54) is 24.8 Å². The van der Waals surface area contributed by atoms with E-state index in [1.807, 2.05) is 6.07 Å². The molecule has 1 aromatic carbocycles. The van der Waals surface area contributed by atoms with E-state index < -0.39 is 0 Å². The molecule has 1 heterocycles. The fraction of sp³-hybridized carbons (Fsp3) is 0.667. The molecule has 1 N–H and O–H groups in total. The van der Waals surface area contributed by atoms with Crippen LogP contribution in [-0.4, -0.2) is 29.2 Å². The third-order valence-corrected chi connectivity index (χ3v) is 5.17. The predicted octanol–water partition coefficient (Wildman–Crippen LogP) is 3.87. The van der Waals surface area contributed by atoms with Crippen molar-refractivity contribution < 1.29 is 5.11 Å². The van der Waals surface area contributed by atoms with Crippen LogP contribution in [0.3, 0.4) is 0 Å². The molecule has 112 valence electrons. The quantitative estimate of drug-likeness (QED) is 0.882. The third-order valence-electron chi connectivity index (χ3n) is 5.17. The zero-order chi connectivity index (χ0) is 14.5. The summed E-state index contributed by atoms with van der Waals surface area (Å²) in [4.78, 5) is 2.54. The van der Waals surface area contributed by atoms with Crippen molar-refractivity contribution in [3.8, 4) is 0 Å². The van der Waals surface area contributed by atoms with Gasteiger partial charge in [-0.15, -0.1) is 0 Å². The van der Waals surface area contributed by atoms with Crippen molar-refractivity contribution in [2.24, 2.45) is 11.8 Å². The van der Waals surface area contributed by atoms with E-state index in [9.17, 15) is 5.11 Å². The summed E-state index contributed by atoms with van der Waals surface area (Å²) in [7, 11) is 0. The van der Waals surface area contributed by atoms with Gasteiger partial charge in [-0.2, -0.15) is 0 Å². The molecule has 2 heteroatoms. The SMILES string of the molecule is CC[C@H]1C[C@@H](CC)[C@@H](C)N([C@@H](CO)c2ccccc2)C1. The van der Waals surface area contributed by atoms with Gasteiger partial charge in [0.1, 0.15) is 0 Å². The molecule has 1 aromatic rings. The Morgan fingerprint density at radius 1 is 1.20 bits per heavy atom. The molecule has 2 rings (SSSR count). The van der Waals surface area contributed by atoms with Crippen molar-refractivity contribution in [3.63, 3.8) is 0 Å². The molecule has 2 nitrogen and oxygen atoms in total. The van der Waals surface area contributed by atoms with E-state index in [4.69, 9.17) is 0 Å². The summed E-state index contributed by atoms with van der Waals surface area (Å²) < 4.78 is 0.